The first kappa shape index (κ1) is 19.9. The lowest BCUT2D eigenvalue weighted by molar-refractivity contribution is -0.0204. The molecule has 30 heavy (non-hydrogen) atoms. The van der Waals surface area contributed by atoms with Gasteiger partial charge in [-0.05, 0) is 62.9 Å². The molecule has 1 atom stereocenters. The third-order valence-corrected chi connectivity index (χ3v) is 7.32. The van der Waals surface area contributed by atoms with Crippen molar-refractivity contribution in [2.45, 2.75) is 57.2 Å². The molecule has 0 unspecified atom stereocenters. The van der Waals surface area contributed by atoms with Gasteiger partial charge in [-0.25, -0.2) is 0 Å². The van der Waals surface area contributed by atoms with Crippen molar-refractivity contribution >= 4 is 5.69 Å². The van der Waals surface area contributed by atoms with E-state index in [1.54, 1.807) is 0 Å². The fourth-order valence-corrected chi connectivity index (χ4v) is 5.44. The zero-order chi connectivity index (χ0) is 20.6. The van der Waals surface area contributed by atoms with Gasteiger partial charge in [0.25, 0.3) is 0 Å². The summed E-state index contributed by atoms with van der Waals surface area (Å²) in [6.07, 6.45) is 5.90. The lowest BCUT2D eigenvalue weighted by Crippen LogP contribution is -2.51. The molecule has 1 N–H and O–H groups in total. The van der Waals surface area contributed by atoms with Gasteiger partial charge < -0.3 is 19.9 Å². The van der Waals surface area contributed by atoms with Crippen LogP contribution in [0, 0.1) is 6.92 Å². The van der Waals surface area contributed by atoms with Gasteiger partial charge in [-0.2, -0.15) is 0 Å². The van der Waals surface area contributed by atoms with Crippen LogP contribution in [0.2, 0.25) is 0 Å². The van der Waals surface area contributed by atoms with E-state index in [9.17, 15) is 0 Å². The number of piperidine rings is 1. The third kappa shape index (κ3) is 3.95. The molecule has 2 aromatic rings. The Morgan fingerprint density at radius 1 is 1.03 bits per heavy atom. The molecule has 3 aliphatic heterocycles. The molecule has 0 amide bonds. The Morgan fingerprint density at radius 2 is 1.80 bits per heavy atom. The molecule has 3 aliphatic rings. The average molecular weight is 406 g/mol. The van der Waals surface area contributed by atoms with E-state index >= 15 is 0 Å². The molecule has 2 aromatic carbocycles. The highest BCUT2D eigenvalue weighted by Crippen LogP contribution is 2.44. The first-order valence-electron chi connectivity index (χ1n) is 11.7. The molecule has 4 heteroatoms. The number of rotatable bonds is 4. The van der Waals surface area contributed by atoms with E-state index < -0.39 is 0 Å². The second kappa shape index (κ2) is 8.24. The van der Waals surface area contributed by atoms with Crippen LogP contribution >= 0.6 is 0 Å². The molecule has 2 fully saturated rings. The highest BCUT2D eigenvalue weighted by atomic mass is 16.5. The van der Waals surface area contributed by atoms with E-state index in [1.807, 2.05) is 0 Å². The van der Waals surface area contributed by atoms with Gasteiger partial charge in [-0.3, -0.25) is 0 Å². The van der Waals surface area contributed by atoms with Crippen LogP contribution in [-0.2, 0) is 6.54 Å². The van der Waals surface area contributed by atoms with Gasteiger partial charge in [-0.15, -0.1) is 0 Å². The van der Waals surface area contributed by atoms with Crippen LogP contribution in [-0.4, -0.2) is 43.7 Å². The second-order valence-electron chi connectivity index (χ2n) is 9.59. The van der Waals surface area contributed by atoms with Crippen molar-refractivity contribution in [1.29, 1.82) is 0 Å². The summed E-state index contributed by atoms with van der Waals surface area (Å²) < 4.78 is 6.64. The van der Waals surface area contributed by atoms with E-state index in [-0.39, 0.29) is 5.60 Å². The van der Waals surface area contributed by atoms with Crippen molar-refractivity contribution in [3.05, 3.63) is 59.2 Å². The summed E-state index contributed by atoms with van der Waals surface area (Å²) in [4.78, 5) is 4.99. The quantitative estimate of drug-likeness (QED) is 0.800. The van der Waals surface area contributed by atoms with Gasteiger partial charge in [0, 0.05) is 56.4 Å². The summed E-state index contributed by atoms with van der Waals surface area (Å²) in [5.74, 6) is 1.08. The minimum Gasteiger partial charge on any atom is -0.487 e. The topological polar surface area (TPSA) is 27.7 Å². The molecule has 0 aliphatic carbocycles. The minimum absolute atomic E-state index is 0.0242. The van der Waals surface area contributed by atoms with Gasteiger partial charge in [0.2, 0.25) is 0 Å². The van der Waals surface area contributed by atoms with Crippen LogP contribution in [0.15, 0.2) is 42.5 Å². The van der Waals surface area contributed by atoms with Crippen molar-refractivity contribution < 1.29 is 4.74 Å². The second-order valence-corrected chi connectivity index (χ2v) is 9.59. The fourth-order valence-electron chi connectivity index (χ4n) is 5.44. The van der Waals surface area contributed by atoms with Crippen molar-refractivity contribution in [3.8, 4) is 5.75 Å². The van der Waals surface area contributed by atoms with Crippen LogP contribution in [0.25, 0.3) is 0 Å². The van der Waals surface area contributed by atoms with E-state index in [0.29, 0.717) is 6.04 Å². The van der Waals surface area contributed by atoms with E-state index in [1.165, 1.54) is 48.3 Å². The lowest BCUT2D eigenvalue weighted by atomic mass is 9.80. The monoisotopic (exact) mass is 405 g/mol. The Kier molecular flexibility index (Phi) is 5.46. The van der Waals surface area contributed by atoms with Crippen molar-refractivity contribution in [1.82, 2.24) is 10.2 Å². The van der Waals surface area contributed by atoms with Crippen LogP contribution in [0.3, 0.4) is 0 Å². The highest BCUT2D eigenvalue weighted by molar-refractivity contribution is 5.56. The molecule has 1 spiro atoms. The molecule has 160 valence electrons. The summed E-state index contributed by atoms with van der Waals surface area (Å²) in [7, 11) is 2.22. The Bertz CT molecular complexity index is 882. The smallest absolute Gasteiger partial charge is 0.124 e. The van der Waals surface area contributed by atoms with E-state index in [4.69, 9.17) is 4.74 Å². The fraction of sp³-hybridized carbons (Fsp3) is 0.538. The number of ether oxygens (including phenoxy) is 1. The summed E-state index contributed by atoms with van der Waals surface area (Å²) in [5, 5.41) is 3.94. The Morgan fingerprint density at radius 3 is 2.60 bits per heavy atom. The van der Waals surface area contributed by atoms with E-state index in [0.717, 1.165) is 44.6 Å². The number of nitrogens with one attached hydrogen (secondary N) is 1. The zero-order valence-electron chi connectivity index (χ0n) is 18.5. The van der Waals surface area contributed by atoms with Gasteiger partial charge in [0.15, 0.2) is 0 Å². The Balaban J connectivity index is 1.38. The molecule has 2 saturated heterocycles. The molecule has 4 nitrogen and oxygen atoms in total. The standard InChI is InChI=1S/C26H35N3O/c1-20-9-10-21(24(17-20)29-13-5-6-14-29)19-27-23-18-26(11-15-28(2)16-12-26)30-25-8-4-3-7-22(23)25/h3-4,7-10,17,23,27H,5-6,11-16,18-19H2,1-2H3/t23-/m0/s1. The maximum Gasteiger partial charge on any atom is 0.124 e. The number of anilines is 1. The number of nitrogens with zero attached hydrogens (tertiary/aromatic N) is 2. The first-order valence-corrected chi connectivity index (χ1v) is 11.7. The molecule has 0 aromatic heterocycles. The van der Waals surface area contributed by atoms with Gasteiger partial charge in [0.05, 0.1) is 0 Å². The number of hydrogen-bond donors (Lipinski definition) is 1. The summed E-state index contributed by atoms with van der Waals surface area (Å²) in [6.45, 7) is 7.72. The number of aryl methyl sites for hydroxylation is 1. The van der Waals surface area contributed by atoms with Gasteiger partial charge in [-0.1, -0.05) is 30.3 Å². The predicted octanol–water partition coefficient (Wildman–Crippen LogP) is 4.67. The maximum absolute atomic E-state index is 6.64. The Hall–Kier alpha value is -2.04. The molecule has 3 heterocycles. The largest absolute Gasteiger partial charge is 0.487 e. The number of hydrogen-bond acceptors (Lipinski definition) is 4. The normalized spacial score (nSPS) is 23.4. The van der Waals surface area contributed by atoms with Crippen molar-refractivity contribution in [2.24, 2.45) is 0 Å². The molecular weight excluding hydrogens is 370 g/mol. The minimum atomic E-state index is -0.0242. The number of benzene rings is 2. The molecular formula is C26H35N3O. The molecule has 0 saturated carbocycles. The number of para-hydroxylation sites is 1. The third-order valence-electron chi connectivity index (χ3n) is 7.32. The van der Waals surface area contributed by atoms with Gasteiger partial charge in [0.1, 0.15) is 11.4 Å². The Labute approximate surface area is 181 Å². The van der Waals surface area contributed by atoms with Crippen molar-refractivity contribution in [2.75, 3.05) is 38.1 Å². The summed E-state index contributed by atoms with van der Waals surface area (Å²) >= 11 is 0. The van der Waals surface area contributed by atoms with Crippen LogP contribution < -0.4 is 15.0 Å². The molecule has 0 bridgehead atoms. The zero-order valence-corrected chi connectivity index (χ0v) is 18.5. The van der Waals surface area contributed by atoms with Crippen molar-refractivity contribution in [3.63, 3.8) is 0 Å². The number of likely N-dealkylation sites (tertiary alicyclic amines) is 1. The first-order chi connectivity index (χ1) is 14.6. The SMILES string of the molecule is Cc1ccc(CN[C@H]2CC3(CCN(C)CC3)Oc3ccccc32)c(N2CCCC2)c1. The van der Waals surface area contributed by atoms with Crippen LogP contribution in [0.1, 0.15) is 54.8 Å². The van der Waals surface area contributed by atoms with Crippen LogP contribution in [0.4, 0.5) is 5.69 Å². The predicted molar refractivity (Wildman–Crippen MR) is 123 cm³/mol. The van der Waals surface area contributed by atoms with Crippen LogP contribution in [0.5, 0.6) is 5.75 Å². The summed E-state index contributed by atoms with van der Waals surface area (Å²) in [5.41, 5.74) is 5.49. The molecule has 0 radical (unpaired) electrons. The average Bonchev–Trinajstić information content (AvgIpc) is 3.30. The number of fused-ring (bicyclic) bond motifs is 1. The lowest BCUT2D eigenvalue weighted by Gasteiger charge is -2.46. The van der Waals surface area contributed by atoms with E-state index in [2.05, 4.69) is 71.6 Å². The van der Waals surface area contributed by atoms with Gasteiger partial charge >= 0.3 is 0 Å². The maximum atomic E-state index is 6.64. The highest BCUT2D eigenvalue weighted by Gasteiger charge is 2.42. The summed E-state index contributed by atoms with van der Waals surface area (Å²) in [6, 6.07) is 15.9. The molecule has 5 rings (SSSR count).